The smallest absolute Gasteiger partial charge is 0.322 e. The van der Waals surface area contributed by atoms with Gasteiger partial charge < -0.3 is 10.1 Å². The molecule has 7 heteroatoms. The zero-order valence-electron chi connectivity index (χ0n) is 11.0. The summed E-state index contributed by atoms with van der Waals surface area (Å²) in [4.78, 5) is 11.3. The molecule has 0 bridgehead atoms. The molecule has 0 aromatic rings. The van der Waals surface area contributed by atoms with Crippen molar-refractivity contribution in [3.8, 4) is 0 Å². The minimum Gasteiger partial charge on any atom is -0.465 e. The monoisotopic (exact) mass is 266 g/mol. The zero-order valence-corrected chi connectivity index (χ0v) is 11.8. The van der Waals surface area contributed by atoms with Crippen molar-refractivity contribution in [2.75, 3.05) is 19.4 Å². The third-order valence-corrected chi connectivity index (χ3v) is 2.88. The van der Waals surface area contributed by atoms with E-state index in [9.17, 15) is 13.2 Å². The quantitative estimate of drug-likeness (QED) is 0.626. The molecule has 17 heavy (non-hydrogen) atoms. The molecule has 0 fully saturated rings. The van der Waals surface area contributed by atoms with E-state index >= 15 is 0 Å². The Morgan fingerprint density at radius 1 is 1.41 bits per heavy atom. The van der Waals surface area contributed by atoms with Crippen LogP contribution in [-0.2, 0) is 19.6 Å². The van der Waals surface area contributed by atoms with Gasteiger partial charge in [-0.1, -0.05) is 0 Å². The highest BCUT2D eigenvalue weighted by Crippen LogP contribution is 2.02. The second-order valence-electron chi connectivity index (χ2n) is 4.61. The van der Waals surface area contributed by atoms with Gasteiger partial charge in [0, 0.05) is 12.1 Å². The number of carbonyl (C=O) groups is 1. The lowest BCUT2D eigenvalue weighted by atomic mass is 10.1. The van der Waals surface area contributed by atoms with Crippen LogP contribution in [0.3, 0.4) is 0 Å². The van der Waals surface area contributed by atoms with E-state index in [1.165, 1.54) is 0 Å². The van der Waals surface area contributed by atoms with Crippen LogP contribution in [0.15, 0.2) is 0 Å². The number of ether oxygens (including phenoxy) is 1. The largest absolute Gasteiger partial charge is 0.465 e. The predicted octanol–water partition coefficient (Wildman–Crippen LogP) is -0.145. The highest BCUT2D eigenvalue weighted by atomic mass is 32.2. The van der Waals surface area contributed by atoms with Crippen LogP contribution in [0.25, 0.3) is 0 Å². The predicted molar refractivity (Wildman–Crippen MR) is 66.2 cm³/mol. The van der Waals surface area contributed by atoms with Crippen LogP contribution in [0.5, 0.6) is 0 Å². The van der Waals surface area contributed by atoms with E-state index in [1.54, 1.807) is 27.7 Å². The first-order valence-electron chi connectivity index (χ1n) is 5.46. The topological polar surface area (TPSA) is 84.5 Å². The third-order valence-electron chi connectivity index (χ3n) is 1.95. The Kier molecular flexibility index (Phi) is 6.08. The molecule has 0 aromatic heterocycles. The van der Waals surface area contributed by atoms with Crippen LogP contribution in [0.4, 0.5) is 0 Å². The molecule has 1 atom stereocenters. The lowest BCUT2D eigenvalue weighted by molar-refractivity contribution is -0.145. The van der Waals surface area contributed by atoms with Crippen molar-refractivity contribution < 1.29 is 17.9 Å². The van der Waals surface area contributed by atoms with Gasteiger partial charge >= 0.3 is 5.97 Å². The van der Waals surface area contributed by atoms with E-state index < -0.39 is 21.6 Å². The molecule has 0 rings (SSSR count). The standard InChI is InChI=1S/C10H22N2O4S/c1-6-16-9(13)8(2)11-7-10(3,4)12-17(5,14)15/h8,11-12H,6-7H2,1-5H3. The van der Waals surface area contributed by atoms with Crippen molar-refractivity contribution in [1.82, 2.24) is 10.0 Å². The average molecular weight is 266 g/mol. The first-order valence-corrected chi connectivity index (χ1v) is 7.35. The van der Waals surface area contributed by atoms with E-state index in [4.69, 9.17) is 4.74 Å². The van der Waals surface area contributed by atoms with Gasteiger partial charge in [-0.05, 0) is 27.7 Å². The molecule has 0 saturated heterocycles. The van der Waals surface area contributed by atoms with Gasteiger partial charge in [-0.2, -0.15) is 0 Å². The third kappa shape index (κ3) is 8.12. The van der Waals surface area contributed by atoms with Crippen molar-refractivity contribution >= 4 is 16.0 Å². The normalized spacial score (nSPS) is 14.4. The molecule has 102 valence electrons. The van der Waals surface area contributed by atoms with Crippen molar-refractivity contribution in [2.24, 2.45) is 0 Å². The fourth-order valence-electron chi connectivity index (χ4n) is 1.30. The van der Waals surface area contributed by atoms with Crippen molar-refractivity contribution in [2.45, 2.75) is 39.3 Å². The first-order chi connectivity index (χ1) is 7.57. The molecule has 0 aliphatic rings. The van der Waals surface area contributed by atoms with E-state index in [1.807, 2.05) is 0 Å². The first kappa shape index (κ1) is 16.3. The maximum absolute atomic E-state index is 11.3. The number of nitrogens with one attached hydrogen (secondary N) is 2. The fourth-order valence-corrected chi connectivity index (χ4v) is 2.37. The summed E-state index contributed by atoms with van der Waals surface area (Å²) in [6.07, 6.45) is 1.10. The van der Waals surface area contributed by atoms with Crippen LogP contribution in [0.2, 0.25) is 0 Å². The van der Waals surface area contributed by atoms with Gasteiger partial charge in [-0.15, -0.1) is 0 Å². The number of rotatable bonds is 7. The molecule has 6 nitrogen and oxygen atoms in total. The summed E-state index contributed by atoms with van der Waals surface area (Å²) in [7, 11) is -3.27. The van der Waals surface area contributed by atoms with Gasteiger partial charge in [0.25, 0.3) is 0 Å². The molecule has 0 spiro atoms. The molecule has 0 aliphatic heterocycles. The van der Waals surface area contributed by atoms with Crippen LogP contribution >= 0.6 is 0 Å². The molecule has 0 heterocycles. The maximum atomic E-state index is 11.3. The number of hydrogen-bond donors (Lipinski definition) is 2. The van der Waals surface area contributed by atoms with Crippen molar-refractivity contribution in [3.05, 3.63) is 0 Å². The second kappa shape index (κ2) is 6.32. The van der Waals surface area contributed by atoms with Gasteiger partial charge in [-0.3, -0.25) is 4.79 Å². The summed E-state index contributed by atoms with van der Waals surface area (Å²) in [6.45, 7) is 7.54. The minimum atomic E-state index is -3.27. The number of sulfonamides is 1. The Bertz CT molecular complexity index is 351. The molecule has 0 aliphatic carbocycles. The number of carbonyl (C=O) groups excluding carboxylic acids is 1. The maximum Gasteiger partial charge on any atom is 0.322 e. The molecular weight excluding hydrogens is 244 g/mol. The van der Waals surface area contributed by atoms with E-state index in [-0.39, 0.29) is 5.97 Å². The van der Waals surface area contributed by atoms with E-state index in [0.29, 0.717) is 13.2 Å². The van der Waals surface area contributed by atoms with E-state index in [0.717, 1.165) is 6.26 Å². The Hall–Kier alpha value is -0.660. The number of hydrogen-bond acceptors (Lipinski definition) is 5. The summed E-state index contributed by atoms with van der Waals surface area (Å²) in [6, 6.07) is -0.462. The zero-order chi connectivity index (χ0) is 13.7. The summed E-state index contributed by atoms with van der Waals surface area (Å²) >= 11 is 0. The van der Waals surface area contributed by atoms with E-state index in [2.05, 4.69) is 10.0 Å². The second-order valence-corrected chi connectivity index (χ2v) is 6.36. The average Bonchev–Trinajstić information content (AvgIpc) is 2.10. The van der Waals surface area contributed by atoms with Gasteiger partial charge in [-0.25, -0.2) is 13.1 Å². The summed E-state index contributed by atoms with van der Waals surface area (Å²) < 4.78 is 29.5. The Labute approximate surface area is 103 Å². The van der Waals surface area contributed by atoms with Crippen LogP contribution in [-0.4, -0.2) is 45.4 Å². The summed E-state index contributed by atoms with van der Waals surface area (Å²) in [5.74, 6) is -0.345. The molecule has 0 radical (unpaired) electrons. The highest BCUT2D eigenvalue weighted by Gasteiger charge is 2.24. The van der Waals surface area contributed by atoms with Gasteiger partial charge in [0.15, 0.2) is 0 Å². The summed E-state index contributed by atoms with van der Waals surface area (Å²) in [5, 5.41) is 2.93. The molecule has 0 saturated carbocycles. The lowest BCUT2D eigenvalue weighted by Gasteiger charge is -2.26. The fraction of sp³-hybridized carbons (Fsp3) is 0.900. The summed E-state index contributed by atoms with van der Waals surface area (Å²) in [5.41, 5.74) is -0.658. The molecule has 0 aromatic carbocycles. The van der Waals surface area contributed by atoms with Crippen LogP contribution < -0.4 is 10.0 Å². The molecule has 0 amide bonds. The van der Waals surface area contributed by atoms with Gasteiger partial charge in [0.2, 0.25) is 10.0 Å². The molecule has 1 unspecified atom stereocenters. The lowest BCUT2D eigenvalue weighted by Crippen LogP contribution is -2.52. The van der Waals surface area contributed by atoms with Crippen molar-refractivity contribution in [1.29, 1.82) is 0 Å². The Morgan fingerprint density at radius 2 is 1.94 bits per heavy atom. The van der Waals surface area contributed by atoms with Gasteiger partial charge in [0.05, 0.1) is 12.9 Å². The van der Waals surface area contributed by atoms with Crippen molar-refractivity contribution in [3.63, 3.8) is 0 Å². The number of esters is 1. The Balaban J connectivity index is 4.22. The molecular formula is C10H22N2O4S. The van der Waals surface area contributed by atoms with Crippen LogP contribution in [0.1, 0.15) is 27.7 Å². The SMILES string of the molecule is CCOC(=O)C(C)NCC(C)(C)NS(C)(=O)=O. The highest BCUT2D eigenvalue weighted by molar-refractivity contribution is 7.88. The Morgan fingerprint density at radius 3 is 2.35 bits per heavy atom. The molecule has 2 N–H and O–H groups in total. The van der Waals surface area contributed by atoms with Crippen LogP contribution in [0, 0.1) is 0 Å². The van der Waals surface area contributed by atoms with Gasteiger partial charge in [0.1, 0.15) is 6.04 Å². The minimum absolute atomic E-state index is 0.329.